The van der Waals surface area contributed by atoms with Crippen LogP contribution in [0.5, 0.6) is 0 Å². The molecule has 2 unspecified atom stereocenters. The minimum Gasteiger partial charge on any atom is -0.394 e. The first-order valence-electron chi connectivity index (χ1n) is 6.00. The smallest absolute Gasteiger partial charge is 0.0613 e. The van der Waals surface area contributed by atoms with E-state index in [-0.39, 0.29) is 5.54 Å². The summed E-state index contributed by atoms with van der Waals surface area (Å²) in [5.41, 5.74) is 0.0209. The van der Waals surface area contributed by atoms with E-state index in [0.29, 0.717) is 12.6 Å². The van der Waals surface area contributed by atoms with Crippen LogP contribution in [0, 0.1) is 5.92 Å². The van der Waals surface area contributed by atoms with Gasteiger partial charge in [-0.2, -0.15) is 0 Å². The van der Waals surface area contributed by atoms with Gasteiger partial charge in [0.05, 0.1) is 6.61 Å². The predicted molar refractivity (Wildman–Crippen MR) is 60.3 cm³/mol. The van der Waals surface area contributed by atoms with Gasteiger partial charge >= 0.3 is 0 Å². The normalized spacial score (nSPS) is 33.6. The fourth-order valence-corrected chi connectivity index (χ4v) is 2.77. The number of hydrogen-bond donors (Lipinski definition) is 2. The van der Waals surface area contributed by atoms with Gasteiger partial charge in [0.2, 0.25) is 0 Å². The maximum Gasteiger partial charge on any atom is 0.0613 e. The van der Waals surface area contributed by atoms with Crippen LogP contribution < -0.4 is 5.32 Å². The first-order chi connectivity index (χ1) is 6.62. The highest BCUT2D eigenvalue weighted by atomic mass is 16.3. The molecule has 1 aliphatic carbocycles. The molecular weight excluding hydrogens is 174 g/mol. The van der Waals surface area contributed by atoms with E-state index in [1.165, 1.54) is 19.3 Å². The van der Waals surface area contributed by atoms with Crippen molar-refractivity contribution in [3.05, 3.63) is 0 Å². The molecule has 1 rings (SSSR count). The molecule has 1 saturated carbocycles. The van der Waals surface area contributed by atoms with Gasteiger partial charge in [-0.25, -0.2) is 0 Å². The Bertz CT molecular complexity index is 170. The van der Waals surface area contributed by atoms with E-state index >= 15 is 0 Å². The van der Waals surface area contributed by atoms with Crippen molar-refractivity contribution in [2.75, 3.05) is 6.61 Å². The van der Waals surface area contributed by atoms with Gasteiger partial charge in [0.1, 0.15) is 0 Å². The molecule has 0 aromatic carbocycles. The Balaban J connectivity index is 2.58. The van der Waals surface area contributed by atoms with Crippen molar-refractivity contribution in [2.45, 2.75) is 64.5 Å². The van der Waals surface area contributed by atoms with Crippen molar-refractivity contribution in [1.82, 2.24) is 5.32 Å². The van der Waals surface area contributed by atoms with Crippen molar-refractivity contribution >= 4 is 0 Å². The van der Waals surface area contributed by atoms with Crippen LogP contribution in [-0.4, -0.2) is 23.3 Å². The molecule has 0 aromatic rings. The summed E-state index contributed by atoms with van der Waals surface area (Å²) in [6.07, 6.45) is 6.15. The van der Waals surface area contributed by atoms with Crippen molar-refractivity contribution in [3.63, 3.8) is 0 Å². The zero-order chi connectivity index (χ0) is 10.6. The van der Waals surface area contributed by atoms with E-state index in [4.69, 9.17) is 0 Å². The van der Waals surface area contributed by atoms with E-state index in [1.54, 1.807) is 0 Å². The van der Waals surface area contributed by atoms with Gasteiger partial charge in [0, 0.05) is 11.6 Å². The summed E-state index contributed by atoms with van der Waals surface area (Å²) < 4.78 is 0. The number of aliphatic hydroxyl groups excluding tert-OH is 1. The van der Waals surface area contributed by atoms with E-state index in [1.807, 2.05) is 0 Å². The lowest BCUT2D eigenvalue weighted by molar-refractivity contribution is 0.0868. The summed E-state index contributed by atoms with van der Waals surface area (Å²) in [6, 6.07) is 0.470. The van der Waals surface area contributed by atoms with Crippen molar-refractivity contribution in [1.29, 1.82) is 0 Å². The molecule has 84 valence electrons. The second-order valence-corrected chi connectivity index (χ2v) is 5.11. The number of rotatable bonds is 4. The lowest BCUT2D eigenvalue weighted by Crippen LogP contribution is -2.54. The first kappa shape index (κ1) is 12.0. The minimum absolute atomic E-state index is 0.0209. The van der Waals surface area contributed by atoms with E-state index in [2.05, 4.69) is 26.1 Å². The van der Waals surface area contributed by atoms with Gasteiger partial charge < -0.3 is 10.4 Å². The summed E-state index contributed by atoms with van der Waals surface area (Å²) in [5.74, 6) is 0.808. The molecule has 0 aliphatic heterocycles. The van der Waals surface area contributed by atoms with Crippen molar-refractivity contribution < 1.29 is 5.11 Å². The van der Waals surface area contributed by atoms with Gasteiger partial charge in [-0.05, 0) is 18.8 Å². The van der Waals surface area contributed by atoms with Crippen LogP contribution >= 0.6 is 0 Å². The van der Waals surface area contributed by atoms with Gasteiger partial charge in [0.25, 0.3) is 0 Å². The zero-order valence-corrected chi connectivity index (χ0v) is 9.84. The van der Waals surface area contributed by atoms with Crippen LogP contribution in [0.15, 0.2) is 0 Å². The molecule has 1 fully saturated rings. The molecule has 2 heteroatoms. The molecular formula is C12H25NO. The fourth-order valence-electron chi connectivity index (χ4n) is 2.77. The Kier molecular flexibility index (Phi) is 4.39. The molecule has 0 bridgehead atoms. The molecule has 2 nitrogen and oxygen atoms in total. The summed E-state index contributed by atoms with van der Waals surface area (Å²) >= 11 is 0. The zero-order valence-electron chi connectivity index (χ0n) is 9.84. The maximum atomic E-state index is 9.54. The highest BCUT2D eigenvalue weighted by Crippen LogP contribution is 2.34. The standard InChI is InChI=1S/C12H25NO/c1-4-11-6-5-7-12(8-11,9-14)13-10(2)3/h10-11,13-14H,4-9H2,1-3H3. The average molecular weight is 199 g/mol. The van der Waals surface area contributed by atoms with Crippen LogP contribution in [0.2, 0.25) is 0 Å². The van der Waals surface area contributed by atoms with Crippen LogP contribution in [0.4, 0.5) is 0 Å². The van der Waals surface area contributed by atoms with E-state index in [0.717, 1.165) is 18.8 Å². The van der Waals surface area contributed by atoms with Gasteiger partial charge in [-0.3, -0.25) is 0 Å². The van der Waals surface area contributed by atoms with Crippen molar-refractivity contribution in [3.8, 4) is 0 Å². The third-order valence-corrected chi connectivity index (χ3v) is 3.42. The van der Waals surface area contributed by atoms with Gasteiger partial charge in [0.15, 0.2) is 0 Å². The molecule has 14 heavy (non-hydrogen) atoms. The Morgan fingerprint density at radius 2 is 2.21 bits per heavy atom. The van der Waals surface area contributed by atoms with Gasteiger partial charge in [-0.15, -0.1) is 0 Å². The summed E-state index contributed by atoms with van der Waals surface area (Å²) in [6.45, 7) is 6.87. The predicted octanol–water partition coefficient (Wildman–Crippen LogP) is 2.32. The molecule has 2 atom stereocenters. The molecule has 0 saturated heterocycles. The van der Waals surface area contributed by atoms with Crippen molar-refractivity contribution in [2.24, 2.45) is 5.92 Å². The molecule has 0 radical (unpaired) electrons. The number of aliphatic hydroxyl groups is 1. The maximum absolute atomic E-state index is 9.54. The molecule has 1 aliphatic rings. The summed E-state index contributed by atoms with van der Waals surface area (Å²) in [5, 5.41) is 13.1. The van der Waals surface area contributed by atoms with Crippen LogP contribution in [0.1, 0.15) is 52.9 Å². The van der Waals surface area contributed by atoms with Gasteiger partial charge in [-0.1, -0.05) is 40.0 Å². The number of hydrogen-bond acceptors (Lipinski definition) is 2. The largest absolute Gasteiger partial charge is 0.394 e. The second-order valence-electron chi connectivity index (χ2n) is 5.11. The Hall–Kier alpha value is -0.0800. The molecule has 0 amide bonds. The third-order valence-electron chi connectivity index (χ3n) is 3.42. The Morgan fingerprint density at radius 3 is 2.71 bits per heavy atom. The highest BCUT2D eigenvalue weighted by Gasteiger charge is 2.35. The third kappa shape index (κ3) is 2.96. The lowest BCUT2D eigenvalue weighted by Gasteiger charge is -2.41. The van der Waals surface area contributed by atoms with E-state index < -0.39 is 0 Å². The fraction of sp³-hybridized carbons (Fsp3) is 1.00. The monoisotopic (exact) mass is 199 g/mol. The highest BCUT2D eigenvalue weighted by molar-refractivity contribution is 4.93. The Morgan fingerprint density at radius 1 is 1.50 bits per heavy atom. The quantitative estimate of drug-likeness (QED) is 0.728. The average Bonchev–Trinajstić information content (AvgIpc) is 2.17. The van der Waals surface area contributed by atoms with Crippen LogP contribution in [0.25, 0.3) is 0 Å². The molecule has 2 N–H and O–H groups in total. The van der Waals surface area contributed by atoms with E-state index in [9.17, 15) is 5.11 Å². The summed E-state index contributed by atoms with van der Waals surface area (Å²) in [7, 11) is 0. The topological polar surface area (TPSA) is 32.3 Å². The molecule has 0 spiro atoms. The number of nitrogens with one attached hydrogen (secondary N) is 1. The molecule has 0 aromatic heterocycles. The minimum atomic E-state index is 0.0209. The molecule has 0 heterocycles. The summed E-state index contributed by atoms with van der Waals surface area (Å²) in [4.78, 5) is 0. The Labute approximate surface area is 88.1 Å². The second kappa shape index (κ2) is 5.13. The SMILES string of the molecule is CCC1CCCC(CO)(NC(C)C)C1. The lowest BCUT2D eigenvalue weighted by atomic mass is 9.75. The van der Waals surface area contributed by atoms with Crippen LogP contribution in [0.3, 0.4) is 0 Å². The first-order valence-corrected chi connectivity index (χ1v) is 6.00. The van der Waals surface area contributed by atoms with Crippen LogP contribution in [-0.2, 0) is 0 Å².